The third kappa shape index (κ3) is 2.78. The van der Waals surface area contributed by atoms with E-state index in [0.29, 0.717) is 11.8 Å². The van der Waals surface area contributed by atoms with Crippen LogP contribution in [-0.2, 0) is 16.6 Å². The number of carbonyl (C=O) groups excluding carboxylic acids is 1. The second kappa shape index (κ2) is 6.65. The number of carbonyl (C=O) groups is 1. The number of nitrogens with two attached hydrogens (primary N) is 1. The number of hydrogen-bond donors (Lipinski definition) is 1. The maximum absolute atomic E-state index is 12.3. The minimum Gasteiger partial charge on any atom is -0.425 e. The Balaban J connectivity index is 1.68. The van der Waals surface area contributed by atoms with Crippen molar-refractivity contribution in [3.05, 3.63) is 29.3 Å². The lowest BCUT2D eigenvalue weighted by Gasteiger charge is -2.58. The van der Waals surface area contributed by atoms with E-state index in [0.717, 1.165) is 12.3 Å². The zero-order valence-corrected chi connectivity index (χ0v) is 16.3. The number of hydrogen-bond acceptors (Lipinski definition) is 4. The summed E-state index contributed by atoms with van der Waals surface area (Å²) in [4.78, 5) is 14.9. The average molecular weight is 357 g/mol. The van der Waals surface area contributed by atoms with E-state index >= 15 is 0 Å². The Hall–Kier alpha value is -1.39. The van der Waals surface area contributed by atoms with Crippen LogP contribution in [0.1, 0.15) is 57.1 Å². The lowest BCUT2D eigenvalue weighted by atomic mass is 9.52. The first-order chi connectivity index (χ1) is 12.4. The number of likely N-dealkylation sites (N-methyl/N-ethyl adjacent to an activating group) is 1. The zero-order chi connectivity index (χ0) is 18.5. The number of piperidine rings is 1. The zero-order valence-electron chi connectivity index (χ0n) is 16.3. The van der Waals surface area contributed by atoms with Crippen molar-refractivity contribution in [3.63, 3.8) is 0 Å². The van der Waals surface area contributed by atoms with Crippen molar-refractivity contribution in [1.82, 2.24) is 4.90 Å². The topological polar surface area (TPSA) is 55.6 Å². The Bertz CT molecular complexity index is 701. The van der Waals surface area contributed by atoms with Crippen molar-refractivity contribution in [2.24, 2.45) is 17.6 Å². The van der Waals surface area contributed by atoms with Gasteiger partial charge in [0, 0.05) is 11.5 Å². The highest BCUT2D eigenvalue weighted by molar-refractivity contribution is 5.78. The summed E-state index contributed by atoms with van der Waals surface area (Å²) in [6.07, 6.45) is 7.62. The number of likely N-dealkylation sites (tertiary alicyclic amines) is 1. The van der Waals surface area contributed by atoms with Crippen LogP contribution in [0.3, 0.4) is 0 Å². The molecule has 1 unspecified atom stereocenters. The molecule has 26 heavy (non-hydrogen) atoms. The predicted octanol–water partition coefficient (Wildman–Crippen LogP) is 3.26. The van der Waals surface area contributed by atoms with Gasteiger partial charge in [-0.25, -0.2) is 4.79 Å². The smallest absolute Gasteiger partial charge is 0.328 e. The van der Waals surface area contributed by atoms with Crippen LogP contribution in [0.25, 0.3) is 0 Å². The van der Waals surface area contributed by atoms with Gasteiger partial charge in [0.1, 0.15) is 11.8 Å². The predicted molar refractivity (Wildman–Crippen MR) is 103 cm³/mol. The first-order valence-corrected chi connectivity index (χ1v) is 10.2. The highest BCUT2D eigenvalue weighted by Gasteiger charge is 2.53. The Morgan fingerprint density at radius 1 is 1.31 bits per heavy atom. The fourth-order valence-electron chi connectivity index (χ4n) is 5.70. The second-order valence-corrected chi connectivity index (χ2v) is 9.02. The molecule has 142 valence electrons. The number of benzene rings is 1. The van der Waals surface area contributed by atoms with E-state index in [2.05, 4.69) is 24.1 Å². The van der Waals surface area contributed by atoms with Crippen molar-refractivity contribution < 1.29 is 9.53 Å². The molecule has 4 nitrogen and oxygen atoms in total. The Morgan fingerprint density at radius 2 is 2.12 bits per heavy atom. The maximum atomic E-state index is 12.3. The molecule has 2 fully saturated rings. The first kappa shape index (κ1) is 18.0. The van der Waals surface area contributed by atoms with Crippen LogP contribution in [0.2, 0.25) is 0 Å². The van der Waals surface area contributed by atoms with E-state index in [1.807, 2.05) is 19.9 Å². The van der Waals surface area contributed by atoms with E-state index < -0.39 is 6.04 Å². The third-order valence-electron chi connectivity index (χ3n) is 7.29. The van der Waals surface area contributed by atoms with Crippen LogP contribution in [-0.4, -0.2) is 36.5 Å². The van der Waals surface area contributed by atoms with Crippen LogP contribution in [0.4, 0.5) is 0 Å². The molecule has 0 amide bonds. The van der Waals surface area contributed by atoms with Crippen molar-refractivity contribution >= 4 is 5.97 Å². The minimum absolute atomic E-state index is 0.0797. The summed E-state index contributed by atoms with van der Waals surface area (Å²) in [6.45, 7) is 5.06. The monoisotopic (exact) mass is 356 g/mol. The Morgan fingerprint density at radius 3 is 2.88 bits per heavy atom. The van der Waals surface area contributed by atoms with Crippen LogP contribution < -0.4 is 10.5 Å². The maximum Gasteiger partial charge on any atom is 0.328 e. The molecule has 1 heterocycles. The average Bonchev–Trinajstić information content (AvgIpc) is 2.64. The van der Waals surface area contributed by atoms with Gasteiger partial charge >= 0.3 is 5.97 Å². The summed E-state index contributed by atoms with van der Waals surface area (Å²) < 4.78 is 5.66. The summed E-state index contributed by atoms with van der Waals surface area (Å²) >= 11 is 0. The van der Waals surface area contributed by atoms with Gasteiger partial charge in [0.15, 0.2) is 0 Å². The summed E-state index contributed by atoms with van der Waals surface area (Å²) in [5.74, 6) is 1.16. The molecule has 2 N–H and O–H groups in total. The molecule has 1 aromatic carbocycles. The van der Waals surface area contributed by atoms with Crippen LogP contribution in [0.15, 0.2) is 18.2 Å². The number of ether oxygens (including phenoxy) is 1. The van der Waals surface area contributed by atoms with Crippen molar-refractivity contribution in [1.29, 1.82) is 0 Å². The summed E-state index contributed by atoms with van der Waals surface area (Å²) in [7, 11) is 2.29. The molecule has 1 aromatic rings. The fraction of sp³-hybridized carbons (Fsp3) is 0.682. The van der Waals surface area contributed by atoms with E-state index in [-0.39, 0.29) is 17.3 Å². The first-order valence-electron chi connectivity index (χ1n) is 10.2. The van der Waals surface area contributed by atoms with Crippen molar-refractivity contribution in [2.45, 2.75) is 69.9 Å². The van der Waals surface area contributed by atoms with Gasteiger partial charge in [0.05, 0.1) is 0 Å². The lowest BCUT2D eigenvalue weighted by Crippen LogP contribution is -2.59. The van der Waals surface area contributed by atoms with Crippen LogP contribution in [0, 0.1) is 11.8 Å². The van der Waals surface area contributed by atoms with E-state index in [1.165, 1.54) is 49.8 Å². The van der Waals surface area contributed by atoms with Gasteiger partial charge < -0.3 is 15.4 Å². The summed E-state index contributed by atoms with van der Waals surface area (Å²) in [6, 6.07) is 6.41. The van der Waals surface area contributed by atoms with Gasteiger partial charge in [-0.15, -0.1) is 0 Å². The van der Waals surface area contributed by atoms with E-state index in [9.17, 15) is 4.79 Å². The minimum atomic E-state index is -0.570. The fourth-order valence-corrected chi connectivity index (χ4v) is 5.70. The number of fused-ring (bicyclic) bond motifs is 1. The Kier molecular flexibility index (Phi) is 4.60. The van der Waals surface area contributed by atoms with Gasteiger partial charge in [-0.05, 0) is 74.4 Å². The molecule has 4 atom stereocenters. The molecule has 4 heteroatoms. The molecule has 3 aliphatic rings. The Labute approximate surface area is 157 Å². The summed E-state index contributed by atoms with van der Waals surface area (Å²) in [5.41, 5.74) is 9.16. The van der Waals surface area contributed by atoms with Crippen molar-refractivity contribution in [2.75, 3.05) is 13.6 Å². The largest absolute Gasteiger partial charge is 0.425 e. The quantitative estimate of drug-likeness (QED) is 0.667. The molecule has 1 aliphatic heterocycles. The molecule has 1 saturated heterocycles. The molecule has 0 aromatic heterocycles. The third-order valence-corrected chi connectivity index (χ3v) is 7.29. The van der Waals surface area contributed by atoms with Gasteiger partial charge in [0.2, 0.25) is 0 Å². The van der Waals surface area contributed by atoms with E-state index in [1.54, 1.807) is 0 Å². The number of nitrogens with zero attached hydrogens (tertiary/aromatic N) is 1. The highest BCUT2D eigenvalue weighted by Crippen LogP contribution is 2.55. The molecule has 2 bridgehead atoms. The van der Waals surface area contributed by atoms with Crippen molar-refractivity contribution in [3.8, 4) is 5.75 Å². The molecule has 0 radical (unpaired) electrons. The molecule has 2 aliphatic carbocycles. The molecule has 1 saturated carbocycles. The van der Waals surface area contributed by atoms with Crippen LogP contribution in [0.5, 0.6) is 5.75 Å². The van der Waals surface area contributed by atoms with Gasteiger partial charge in [-0.1, -0.05) is 32.8 Å². The van der Waals surface area contributed by atoms with Crippen LogP contribution >= 0.6 is 0 Å². The summed E-state index contributed by atoms with van der Waals surface area (Å²) in [5, 5.41) is 0. The molecular formula is C22H32N2O2. The normalized spacial score (nSPS) is 31.9. The van der Waals surface area contributed by atoms with E-state index in [4.69, 9.17) is 10.5 Å². The molecule has 4 rings (SSSR count). The van der Waals surface area contributed by atoms with Gasteiger partial charge in [-0.2, -0.15) is 0 Å². The SMILES string of the molecule is CC(C)C(N)C(=O)Oc1ccc2c(c1)[C@@]13CCCC[C@H]1[C@@H](C2)N(C)CC3. The highest BCUT2D eigenvalue weighted by atomic mass is 16.5. The standard InChI is InChI=1S/C22H32N2O2/c1-14(2)20(23)21(25)26-16-8-7-15-12-19-17-6-4-5-9-22(17,18(15)13-16)10-11-24(19)3/h7-8,13-14,17,19-20H,4-6,9-12,23H2,1-3H3/t17-,19+,20?,22+/m0/s1. The number of rotatable bonds is 3. The van der Waals surface area contributed by atoms with Gasteiger partial charge in [0.25, 0.3) is 0 Å². The second-order valence-electron chi connectivity index (χ2n) is 9.02. The molecular weight excluding hydrogens is 324 g/mol. The lowest BCUT2D eigenvalue weighted by molar-refractivity contribution is -0.136. The number of esters is 1. The van der Waals surface area contributed by atoms with Gasteiger partial charge in [-0.3, -0.25) is 0 Å². The molecule has 0 spiro atoms.